The van der Waals surface area contributed by atoms with Gasteiger partial charge in [-0.05, 0) is 30.2 Å². The minimum atomic E-state index is -0.627. The number of halogens is 1. The highest BCUT2D eigenvalue weighted by Gasteiger charge is 2.12. The van der Waals surface area contributed by atoms with E-state index in [2.05, 4.69) is 10.3 Å². The van der Waals surface area contributed by atoms with Crippen LogP contribution >= 0.6 is 11.6 Å². The number of aromatic amines is 1. The number of fused-ring (bicyclic) bond motifs is 1. The molecule has 1 unspecified atom stereocenters. The van der Waals surface area contributed by atoms with Crippen LogP contribution in [-0.2, 0) is 16.0 Å². The molecule has 0 aliphatic carbocycles. The van der Waals surface area contributed by atoms with Crippen molar-refractivity contribution in [2.45, 2.75) is 12.5 Å². The number of nitrogens with one attached hydrogen (secondary N) is 2. The van der Waals surface area contributed by atoms with Crippen LogP contribution in [-0.4, -0.2) is 37.2 Å². The van der Waals surface area contributed by atoms with Gasteiger partial charge in [0.25, 0.3) is 0 Å². The number of nitrogens with two attached hydrogens (primary N) is 1. The Labute approximate surface area is 122 Å². The summed E-state index contributed by atoms with van der Waals surface area (Å²) in [6.07, 6.45) is 2.65. The van der Waals surface area contributed by atoms with Gasteiger partial charge in [0.2, 0.25) is 5.91 Å². The van der Waals surface area contributed by atoms with E-state index in [0.29, 0.717) is 18.0 Å². The molecule has 20 heavy (non-hydrogen) atoms. The maximum atomic E-state index is 11.6. The van der Waals surface area contributed by atoms with Crippen molar-refractivity contribution in [3.8, 4) is 0 Å². The van der Waals surface area contributed by atoms with Crippen molar-refractivity contribution < 1.29 is 9.53 Å². The van der Waals surface area contributed by atoms with Crippen molar-refractivity contribution in [1.82, 2.24) is 10.3 Å². The minimum absolute atomic E-state index is 0.204. The quantitative estimate of drug-likeness (QED) is 0.754. The summed E-state index contributed by atoms with van der Waals surface area (Å²) in [5.74, 6) is -0.204. The van der Waals surface area contributed by atoms with E-state index >= 15 is 0 Å². The molecule has 0 saturated heterocycles. The lowest BCUT2D eigenvalue weighted by atomic mass is 10.1. The molecule has 108 valence electrons. The number of amides is 1. The highest BCUT2D eigenvalue weighted by molar-refractivity contribution is 6.31. The number of rotatable bonds is 6. The van der Waals surface area contributed by atoms with E-state index in [1.807, 2.05) is 24.4 Å². The topological polar surface area (TPSA) is 80.1 Å². The zero-order valence-corrected chi connectivity index (χ0v) is 12.0. The molecule has 0 saturated carbocycles. The minimum Gasteiger partial charge on any atom is -0.383 e. The van der Waals surface area contributed by atoms with Crippen molar-refractivity contribution in [3.05, 3.63) is 35.0 Å². The van der Waals surface area contributed by atoms with Gasteiger partial charge in [0.1, 0.15) is 6.04 Å². The van der Waals surface area contributed by atoms with Crippen molar-refractivity contribution in [3.63, 3.8) is 0 Å². The number of benzene rings is 1. The van der Waals surface area contributed by atoms with Gasteiger partial charge in [-0.15, -0.1) is 0 Å². The SMILES string of the molecule is COCC(N)C(=O)NCCc1c[nH]c2ccc(Cl)cc12. The predicted octanol–water partition coefficient (Wildman–Crippen LogP) is 1.45. The van der Waals surface area contributed by atoms with Crippen molar-refractivity contribution in [1.29, 1.82) is 0 Å². The number of methoxy groups -OCH3 is 1. The maximum Gasteiger partial charge on any atom is 0.239 e. The third kappa shape index (κ3) is 3.50. The fourth-order valence-electron chi connectivity index (χ4n) is 2.06. The molecular formula is C14H18ClN3O2. The molecular weight excluding hydrogens is 278 g/mol. The molecule has 1 atom stereocenters. The Balaban J connectivity index is 1.93. The molecule has 1 amide bonds. The first-order chi connectivity index (χ1) is 9.61. The Morgan fingerprint density at radius 3 is 3.10 bits per heavy atom. The summed E-state index contributed by atoms with van der Waals surface area (Å²) in [6, 6.07) is 5.07. The second-order valence-corrected chi connectivity index (χ2v) is 5.04. The fourth-order valence-corrected chi connectivity index (χ4v) is 2.24. The number of hydrogen-bond acceptors (Lipinski definition) is 3. The van der Waals surface area contributed by atoms with E-state index in [-0.39, 0.29) is 12.5 Å². The molecule has 2 rings (SSSR count). The van der Waals surface area contributed by atoms with Crippen LogP contribution in [0.5, 0.6) is 0 Å². The molecule has 1 heterocycles. The fraction of sp³-hybridized carbons (Fsp3) is 0.357. The first-order valence-corrected chi connectivity index (χ1v) is 6.77. The smallest absolute Gasteiger partial charge is 0.239 e. The average Bonchev–Trinajstić information content (AvgIpc) is 2.81. The van der Waals surface area contributed by atoms with Crippen LogP contribution < -0.4 is 11.1 Å². The molecule has 6 heteroatoms. The third-order valence-electron chi connectivity index (χ3n) is 3.11. The number of aromatic nitrogens is 1. The molecule has 4 N–H and O–H groups in total. The number of hydrogen-bond donors (Lipinski definition) is 3. The van der Waals surface area contributed by atoms with Gasteiger partial charge in [0.15, 0.2) is 0 Å². The van der Waals surface area contributed by atoms with Crippen LogP contribution in [0, 0.1) is 0 Å². The molecule has 0 bridgehead atoms. The van der Waals surface area contributed by atoms with Crippen LogP contribution in [0.3, 0.4) is 0 Å². The maximum absolute atomic E-state index is 11.6. The van der Waals surface area contributed by atoms with E-state index in [9.17, 15) is 4.79 Å². The highest BCUT2D eigenvalue weighted by atomic mass is 35.5. The van der Waals surface area contributed by atoms with E-state index in [4.69, 9.17) is 22.1 Å². The summed E-state index contributed by atoms with van der Waals surface area (Å²) in [5.41, 5.74) is 7.79. The standard InChI is InChI=1S/C14H18ClN3O2/c1-20-8-12(16)14(19)17-5-4-9-7-18-13-3-2-10(15)6-11(9)13/h2-3,6-7,12,18H,4-5,8,16H2,1H3,(H,17,19). The zero-order chi connectivity index (χ0) is 14.5. The second kappa shape index (κ2) is 6.74. The van der Waals surface area contributed by atoms with Gasteiger partial charge >= 0.3 is 0 Å². The molecule has 1 aromatic carbocycles. The van der Waals surface area contributed by atoms with E-state index in [1.165, 1.54) is 7.11 Å². The van der Waals surface area contributed by atoms with Crippen molar-refractivity contribution in [2.75, 3.05) is 20.3 Å². The number of carbonyl (C=O) groups is 1. The number of carbonyl (C=O) groups excluding carboxylic acids is 1. The Kier molecular flexibility index (Phi) is 5.00. The largest absolute Gasteiger partial charge is 0.383 e. The second-order valence-electron chi connectivity index (χ2n) is 4.61. The summed E-state index contributed by atoms with van der Waals surface area (Å²) < 4.78 is 4.84. The predicted molar refractivity (Wildman–Crippen MR) is 79.9 cm³/mol. The number of H-pyrrole nitrogens is 1. The van der Waals surface area contributed by atoms with E-state index in [0.717, 1.165) is 16.5 Å². The molecule has 0 spiro atoms. The van der Waals surface area contributed by atoms with Gasteiger partial charge in [-0.3, -0.25) is 4.79 Å². The molecule has 0 aliphatic heterocycles. The van der Waals surface area contributed by atoms with Gasteiger partial charge in [0.05, 0.1) is 6.61 Å². The van der Waals surface area contributed by atoms with Crippen LogP contribution in [0.1, 0.15) is 5.56 Å². The lowest BCUT2D eigenvalue weighted by Gasteiger charge is -2.10. The Hall–Kier alpha value is -1.56. The van der Waals surface area contributed by atoms with Crippen LogP contribution in [0.15, 0.2) is 24.4 Å². The molecule has 0 radical (unpaired) electrons. The Bertz CT molecular complexity index is 597. The molecule has 0 fully saturated rings. The van der Waals surface area contributed by atoms with Crippen LogP contribution in [0.4, 0.5) is 0 Å². The van der Waals surface area contributed by atoms with Gasteiger partial charge < -0.3 is 20.8 Å². The van der Waals surface area contributed by atoms with Crippen LogP contribution in [0.25, 0.3) is 10.9 Å². The highest BCUT2D eigenvalue weighted by Crippen LogP contribution is 2.22. The van der Waals surface area contributed by atoms with Gasteiger partial charge in [-0.25, -0.2) is 0 Å². The Morgan fingerprint density at radius 2 is 2.35 bits per heavy atom. The third-order valence-corrected chi connectivity index (χ3v) is 3.34. The van der Waals surface area contributed by atoms with Crippen molar-refractivity contribution in [2.24, 2.45) is 5.73 Å². The summed E-state index contributed by atoms with van der Waals surface area (Å²) in [5, 5.41) is 4.57. The van der Waals surface area contributed by atoms with Crippen molar-refractivity contribution >= 4 is 28.4 Å². The average molecular weight is 296 g/mol. The monoisotopic (exact) mass is 295 g/mol. The van der Waals surface area contributed by atoms with Gasteiger partial charge in [-0.2, -0.15) is 0 Å². The summed E-state index contributed by atoms with van der Waals surface area (Å²) in [7, 11) is 1.52. The number of ether oxygens (including phenoxy) is 1. The van der Waals surface area contributed by atoms with E-state index in [1.54, 1.807) is 0 Å². The first-order valence-electron chi connectivity index (χ1n) is 6.39. The molecule has 5 nitrogen and oxygen atoms in total. The van der Waals surface area contributed by atoms with Gasteiger partial charge in [-0.1, -0.05) is 11.6 Å². The molecule has 0 aliphatic rings. The lowest BCUT2D eigenvalue weighted by Crippen LogP contribution is -2.44. The van der Waals surface area contributed by atoms with E-state index < -0.39 is 6.04 Å². The summed E-state index contributed by atoms with van der Waals surface area (Å²) in [6.45, 7) is 0.740. The zero-order valence-electron chi connectivity index (χ0n) is 11.3. The summed E-state index contributed by atoms with van der Waals surface area (Å²) in [4.78, 5) is 14.8. The normalized spacial score (nSPS) is 12.6. The summed E-state index contributed by atoms with van der Waals surface area (Å²) >= 11 is 5.99. The molecule has 2 aromatic rings. The van der Waals surface area contributed by atoms with Crippen LogP contribution in [0.2, 0.25) is 5.02 Å². The molecule has 1 aromatic heterocycles. The Morgan fingerprint density at radius 1 is 1.55 bits per heavy atom. The van der Waals surface area contributed by atoms with Gasteiger partial charge in [0, 0.05) is 35.8 Å². The lowest BCUT2D eigenvalue weighted by molar-refractivity contribution is -0.123. The first kappa shape index (κ1) is 14.8.